The van der Waals surface area contributed by atoms with E-state index in [0.29, 0.717) is 19.4 Å². The Bertz CT molecular complexity index is 192. The molecule has 16 heavy (non-hydrogen) atoms. The highest BCUT2D eigenvalue weighted by Gasteiger charge is 2.26. The number of rotatable bonds is 7. The van der Waals surface area contributed by atoms with Gasteiger partial charge in [0.2, 0.25) is 0 Å². The minimum atomic E-state index is -4.06. The van der Waals surface area contributed by atoms with Gasteiger partial charge in [-0.15, -0.1) is 0 Å². The fourth-order valence-electron chi connectivity index (χ4n) is 1.23. The number of alkyl halides is 3. The fraction of sp³-hybridized carbons (Fsp3) is 1.00. The molecule has 0 spiro atoms. The smallest absolute Gasteiger partial charge is 0.389 e. The number of halogens is 3. The molecule has 2 atom stereocenters. The van der Waals surface area contributed by atoms with Crippen LogP contribution in [0, 0.1) is 0 Å². The van der Waals surface area contributed by atoms with Crippen LogP contribution in [-0.2, 0) is 0 Å². The molecule has 2 nitrogen and oxygen atoms in total. The SMILES string of the molecule is CCC(C)(O)CNC(C)CCCC(F)(F)F. The lowest BCUT2D eigenvalue weighted by atomic mass is 10.0. The van der Waals surface area contributed by atoms with Gasteiger partial charge in [0, 0.05) is 19.0 Å². The third kappa shape index (κ3) is 8.97. The lowest BCUT2D eigenvalue weighted by Crippen LogP contribution is -2.41. The molecule has 0 amide bonds. The third-order valence-corrected chi connectivity index (χ3v) is 2.69. The Balaban J connectivity index is 3.64. The van der Waals surface area contributed by atoms with Crippen LogP contribution in [0.25, 0.3) is 0 Å². The topological polar surface area (TPSA) is 32.3 Å². The van der Waals surface area contributed by atoms with E-state index < -0.39 is 18.2 Å². The first-order valence-electron chi connectivity index (χ1n) is 5.69. The van der Waals surface area contributed by atoms with E-state index in [-0.39, 0.29) is 12.5 Å². The van der Waals surface area contributed by atoms with E-state index in [1.165, 1.54) is 0 Å². The zero-order chi connectivity index (χ0) is 12.8. The van der Waals surface area contributed by atoms with Crippen molar-refractivity contribution in [2.24, 2.45) is 0 Å². The van der Waals surface area contributed by atoms with Crippen LogP contribution in [0.15, 0.2) is 0 Å². The van der Waals surface area contributed by atoms with Crippen LogP contribution in [0.1, 0.15) is 46.5 Å². The first kappa shape index (κ1) is 15.7. The van der Waals surface area contributed by atoms with Gasteiger partial charge in [-0.05, 0) is 33.1 Å². The van der Waals surface area contributed by atoms with Gasteiger partial charge in [-0.2, -0.15) is 13.2 Å². The van der Waals surface area contributed by atoms with E-state index in [2.05, 4.69) is 5.32 Å². The van der Waals surface area contributed by atoms with Crippen molar-refractivity contribution >= 4 is 0 Å². The molecule has 98 valence electrons. The van der Waals surface area contributed by atoms with E-state index in [0.717, 1.165) is 0 Å². The molecule has 0 radical (unpaired) electrons. The van der Waals surface area contributed by atoms with Crippen molar-refractivity contribution in [3.63, 3.8) is 0 Å². The lowest BCUT2D eigenvalue weighted by molar-refractivity contribution is -0.135. The van der Waals surface area contributed by atoms with Gasteiger partial charge in [-0.1, -0.05) is 6.92 Å². The summed E-state index contributed by atoms with van der Waals surface area (Å²) in [6.45, 7) is 5.83. The van der Waals surface area contributed by atoms with Crippen LogP contribution in [-0.4, -0.2) is 29.5 Å². The average molecular weight is 241 g/mol. The van der Waals surface area contributed by atoms with Crippen molar-refractivity contribution in [1.82, 2.24) is 5.32 Å². The maximum atomic E-state index is 11.9. The molecule has 0 rings (SSSR count). The van der Waals surface area contributed by atoms with Crippen molar-refractivity contribution in [2.75, 3.05) is 6.54 Å². The van der Waals surface area contributed by atoms with E-state index in [4.69, 9.17) is 0 Å². The first-order valence-corrected chi connectivity index (χ1v) is 5.69. The second-order valence-corrected chi connectivity index (χ2v) is 4.64. The molecule has 0 aromatic rings. The zero-order valence-electron chi connectivity index (χ0n) is 10.2. The van der Waals surface area contributed by atoms with E-state index in [1.807, 2.05) is 13.8 Å². The van der Waals surface area contributed by atoms with Crippen molar-refractivity contribution in [2.45, 2.75) is 64.3 Å². The summed E-state index contributed by atoms with van der Waals surface area (Å²) >= 11 is 0. The Hall–Kier alpha value is -0.290. The van der Waals surface area contributed by atoms with Gasteiger partial charge in [-0.25, -0.2) is 0 Å². The molecule has 0 aliphatic carbocycles. The first-order chi connectivity index (χ1) is 7.16. The number of hydrogen-bond donors (Lipinski definition) is 2. The number of aliphatic hydroxyl groups is 1. The number of nitrogens with one attached hydrogen (secondary N) is 1. The van der Waals surface area contributed by atoms with Gasteiger partial charge in [0.15, 0.2) is 0 Å². The molecular formula is C11H22F3NO. The summed E-state index contributed by atoms with van der Waals surface area (Å²) in [4.78, 5) is 0. The molecule has 0 saturated heterocycles. The molecular weight excluding hydrogens is 219 g/mol. The standard InChI is InChI=1S/C11H22F3NO/c1-4-10(3,16)8-15-9(2)6-5-7-11(12,13)14/h9,15-16H,4-8H2,1-3H3. The Morgan fingerprint density at radius 1 is 1.31 bits per heavy atom. The molecule has 0 saturated carbocycles. The molecule has 5 heteroatoms. The summed E-state index contributed by atoms with van der Waals surface area (Å²) in [6, 6.07) is 0.000347. The van der Waals surface area contributed by atoms with Crippen LogP contribution in [0.3, 0.4) is 0 Å². The maximum absolute atomic E-state index is 11.9. The molecule has 0 heterocycles. The molecule has 0 aromatic carbocycles. The van der Waals surface area contributed by atoms with Gasteiger partial charge >= 0.3 is 6.18 Å². The van der Waals surface area contributed by atoms with Crippen LogP contribution in [0.4, 0.5) is 13.2 Å². The second kappa shape index (κ2) is 6.45. The van der Waals surface area contributed by atoms with Crippen LogP contribution < -0.4 is 5.32 Å². The molecule has 0 bridgehead atoms. The van der Waals surface area contributed by atoms with Gasteiger partial charge in [0.25, 0.3) is 0 Å². The molecule has 0 aliphatic heterocycles. The van der Waals surface area contributed by atoms with Gasteiger partial charge in [0.1, 0.15) is 0 Å². The monoisotopic (exact) mass is 241 g/mol. The Morgan fingerprint density at radius 2 is 1.88 bits per heavy atom. The summed E-state index contributed by atoms with van der Waals surface area (Å²) in [5.41, 5.74) is -0.779. The van der Waals surface area contributed by atoms with E-state index in [1.54, 1.807) is 6.92 Å². The molecule has 0 aliphatic rings. The minimum absolute atomic E-state index is 0.000347. The van der Waals surface area contributed by atoms with E-state index >= 15 is 0 Å². The molecule has 2 unspecified atom stereocenters. The molecule has 2 N–H and O–H groups in total. The fourth-order valence-corrected chi connectivity index (χ4v) is 1.23. The Labute approximate surface area is 95.2 Å². The van der Waals surface area contributed by atoms with Gasteiger partial charge < -0.3 is 10.4 Å². The predicted octanol–water partition coefficient (Wildman–Crippen LogP) is 2.86. The van der Waals surface area contributed by atoms with Gasteiger partial charge in [-0.3, -0.25) is 0 Å². The predicted molar refractivity (Wildman–Crippen MR) is 58.3 cm³/mol. The molecule has 0 aromatic heterocycles. The average Bonchev–Trinajstić information content (AvgIpc) is 2.13. The quantitative estimate of drug-likeness (QED) is 0.718. The van der Waals surface area contributed by atoms with Crippen molar-refractivity contribution in [1.29, 1.82) is 0 Å². The highest BCUT2D eigenvalue weighted by molar-refractivity contribution is 4.75. The summed E-state index contributed by atoms with van der Waals surface area (Å²) in [5.74, 6) is 0. The van der Waals surface area contributed by atoms with Crippen LogP contribution in [0.5, 0.6) is 0 Å². The highest BCUT2D eigenvalue weighted by atomic mass is 19.4. The maximum Gasteiger partial charge on any atom is 0.389 e. The van der Waals surface area contributed by atoms with Gasteiger partial charge in [0.05, 0.1) is 5.60 Å². The number of hydrogen-bond acceptors (Lipinski definition) is 2. The lowest BCUT2D eigenvalue weighted by Gasteiger charge is -2.24. The third-order valence-electron chi connectivity index (χ3n) is 2.69. The van der Waals surface area contributed by atoms with Crippen LogP contribution >= 0.6 is 0 Å². The van der Waals surface area contributed by atoms with E-state index in [9.17, 15) is 18.3 Å². The summed E-state index contributed by atoms with van der Waals surface area (Å²) in [5, 5.41) is 12.7. The second-order valence-electron chi connectivity index (χ2n) is 4.64. The van der Waals surface area contributed by atoms with Crippen LogP contribution in [0.2, 0.25) is 0 Å². The minimum Gasteiger partial charge on any atom is -0.389 e. The molecule has 0 fully saturated rings. The Morgan fingerprint density at radius 3 is 2.31 bits per heavy atom. The highest BCUT2D eigenvalue weighted by Crippen LogP contribution is 2.22. The summed E-state index contributed by atoms with van der Waals surface area (Å²) in [7, 11) is 0. The summed E-state index contributed by atoms with van der Waals surface area (Å²) in [6.07, 6.45) is -3.57. The summed E-state index contributed by atoms with van der Waals surface area (Å²) < 4.78 is 35.6. The Kier molecular flexibility index (Phi) is 6.33. The normalized spacial score (nSPS) is 18.2. The van der Waals surface area contributed by atoms with Crippen molar-refractivity contribution < 1.29 is 18.3 Å². The zero-order valence-corrected chi connectivity index (χ0v) is 10.2. The van der Waals surface area contributed by atoms with Crippen molar-refractivity contribution in [3.8, 4) is 0 Å². The van der Waals surface area contributed by atoms with Crippen molar-refractivity contribution in [3.05, 3.63) is 0 Å². The largest absolute Gasteiger partial charge is 0.389 e.